The van der Waals surface area contributed by atoms with Gasteiger partial charge in [0.1, 0.15) is 41.5 Å². The molecule has 0 unspecified atom stereocenters. The van der Waals surface area contributed by atoms with Gasteiger partial charge in [-0.2, -0.15) is 0 Å². The predicted octanol–water partition coefficient (Wildman–Crippen LogP) is 0.133. The van der Waals surface area contributed by atoms with Gasteiger partial charge in [0.2, 0.25) is 6.29 Å². The maximum Gasteiger partial charge on any atom is 0.344 e. The average molecular weight is 404 g/mol. The summed E-state index contributed by atoms with van der Waals surface area (Å²) >= 11 is 0. The van der Waals surface area contributed by atoms with E-state index in [-0.39, 0.29) is 11.3 Å². The molecule has 1 aliphatic rings. The highest BCUT2D eigenvalue weighted by Crippen LogP contribution is 2.36. The quantitative estimate of drug-likeness (QED) is 0.353. The lowest BCUT2D eigenvalue weighted by Gasteiger charge is -2.39. The van der Waals surface area contributed by atoms with Crippen molar-refractivity contribution >= 4 is 21.7 Å². The minimum Gasteiger partial charge on any atom is -0.496 e. The van der Waals surface area contributed by atoms with Crippen molar-refractivity contribution in [2.45, 2.75) is 30.7 Å². The average Bonchev–Trinajstić information content (AvgIpc) is 2.73. The topological polar surface area (TPSA) is 139 Å². The summed E-state index contributed by atoms with van der Waals surface area (Å²) in [5.41, 5.74) is -0.326. The SMILES string of the molecule is COc1cc(O[C@@H]2O[C@H](CO)[C@@H](O)[C@H](O)[C@H]2O)cc2oc(=O)c3ccccc3c12. The van der Waals surface area contributed by atoms with Crippen LogP contribution in [0.5, 0.6) is 11.5 Å². The van der Waals surface area contributed by atoms with Crippen LogP contribution in [0.3, 0.4) is 0 Å². The third kappa shape index (κ3) is 3.33. The van der Waals surface area contributed by atoms with Crippen molar-refractivity contribution in [1.82, 2.24) is 0 Å². The zero-order valence-electron chi connectivity index (χ0n) is 15.4. The van der Waals surface area contributed by atoms with Crippen LogP contribution in [0.25, 0.3) is 21.7 Å². The molecule has 0 bridgehead atoms. The molecule has 1 aromatic heterocycles. The molecule has 0 saturated carbocycles. The van der Waals surface area contributed by atoms with Crippen molar-refractivity contribution in [3.63, 3.8) is 0 Å². The fourth-order valence-electron chi connectivity index (χ4n) is 3.47. The Bertz CT molecular complexity index is 1090. The van der Waals surface area contributed by atoms with Gasteiger partial charge in [-0.15, -0.1) is 0 Å². The molecule has 1 aliphatic heterocycles. The first-order valence-electron chi connectivity index (χ1n) is 8.95. The fourth-order valence-corrected chi connectivity index (χ4v) is 3.47. The van der Waals surface area contributed by atoms with Gasteiger partial charge in [-0.25, -0.2) is 4.79 Å². The second-order valence-electron chi connectivity index (χ2n) is 6.75. The summed E-state index contributed by atoms with van der Waals surface area (Å²) < 4.78 is 21.8. The summed E-state index contributed by atoms with van der Waals surface area (Å²) in [7, 11) is 1.45. The largest absolute Gasteiger partial charge is 0.496 e. The van der Waals surface area contributed by atoms with E-state index in [9.17, 15) is 25.2 Å². The van der Waals surface area contributed by atoms with Crippen molar-refractivity contribution in [3.05, 3.63) is 46.8 Å². The zero-order valence-corrected chi connectivity index (χ0v) is 15.4. The molecule has 4 rings (SSSR count). The number of aliphatic hydroxyl groups excluding tert-OH is 4. The van der Waals surface area contributed by atoms with Gasteiger partial charge in [0.25, 0.3) is 0 Å². The molecule has 0 amide bonds. The van der Waals surface area contributed by atoms with E-state index in [2.05, 4.69) is 0 Å². The highest BCUT2D eigenvalue weighted by atomic mass is 16.7. The molecular formula is C20H20O9. The normalized spacial score (nSPS) is 27.3. The molecule has 29 heavy (non-hydrogen) atoms. The Morgan fingerprint density at radius 3 is 2.45 bits per heavy atom. The molecule has 9 heteroatoms. The standard InChI is InChI=1S/C20H20O9/c1-26-12-6-9(27-20-18(24)17(23)16(22)14(8-21)29-20)7-13-15(12)10-4-2-3-5-11(10)19(25)28-13/h2-7,14,16-18,20-24H,8H2,1H3/t14-,16-,17+,18-,20-/m1/s1. The molecule has 2 aromatic carbocycles. The van der Waals surface area contributed by atoms with Crippen LogP contribution < -0.4 is 15.1 Å². The molecule has 0 radical (unpaired) electrons. The van der Waals surface area contributed by atoms with Crippen molar-refractivity contribution in [3.8, 4) is 11.5 Å². The number of benzene rings is 2. The van der Waals surface area contributed by atoms with Crippen molar-refractivity contribution in [1.29, 1.82) is 0 Å². The molecule has 2 heterocycles. The molecule has 3 aromatic rings. The van der Waals surface area contributed by atoms with Gasteiger partial charge in [0.15, 0.2) is 0 Å². The highest BCUT2D eigenvalue weighted by molar-refractivity contribution is 6.07. The first kappa shape index (κ1) is 19.6. The molecule has 154 valence electrons. The number of aliphatic hydroxyl groups is 4. The van der Waals surface area contributed by atoms with Crippen molar-refractivity contribution in [2.75, 3.05) is 13.7 Å². The van der Waals surface area contributed by atoms with E-state index in [0.29, 0.717) is 21.9 Å². The lowest BCUT2D eigenvalue weighted by Crippen LogP contribution is -2.60. The summed E-state index contributed by atoms with van der Waals surface area (Å²) in [6.45, 7) is -0.577. The highest BCUT2D eigenvalue weighted by Gasteiger charge is 2.44. The maximum atomic E-state index is 12.3. The monoisotopic (exact) mass is 404 g/mol. The number of hydrogen-bond acceptors (Lipinski definition) is 9. The Labute approximate surface area is 164 Å². The van der Waals surface area contributed by atoms with Crippen LogP contribution in [0, 0.1) is 0 Å². The van der Waals surface area contributed by atoms with E-state index in [0.717, 1.165) is 0 Å². The van der Waals surface area contributed by atoms with Crippen LogP contribution in [-0.4, -0.2) is 64.8 Å². The van der Waals surface area contributed by atoms with Gasteiger partial charge in [-0.05, 0) is 6.07 Å². The van der Waals surface area contributed by atoms with Crippen LogP contribution in [-0.2, 0) is 4.74 Å². The Morgan fingerprint density at radius 2 is 1.76 bits per heavy atom. The van der Waals surface area contributed by atoms with Crippen molar-refractivity contribution in [2.24, 2.45) is 0 Å². The Morgan fingerprint density at radius 1 is 1.03 bits per heavy atom. The summed E-state index contributed by atoms with van der Waals surface area (Å²) in [5, 5.41) is 40.9. The Balaban J connectivity index is 1.77. The summed E-state index contributed by atoms with van der Waals surface area (Å²) in [5.74, 6) is 0.499. The zero-order chi connectivity index (χ0) is 20.7. The molecule has 1 saturated heterocycles. The Kier molecular flexibility index (Phi) is 5.15. The van der Waals surface area contributed by atoms with Crippen LogP contribution >= 0.6 is 0 Å². The van der Waals surface area contributed by atoms with E-state index in [1.54, 1.807) is 24.3 Å². The lowest BCUT2D eigenvalue weighted by molar-refractivity contribution is -0.277. The fraction of sp³-hybridized carbons (Fsp3) is 0.350. The third-order valence-corrected chi connectivity index (χ3v) is 4.98. The smallest absolute Gasteiger partial charge is 0.344 e. The lowest BCUT2D eigenvalue weighted by atomic mass is 9.99. The van der Waals surface area contributed by atoms with Crippen molar-refractivity contribution < 1.29 is 39.1 Å². The Hall–Kier alpha value is -2.69. The number of fused-ring (bicyclic) bond motifs is 3. The molecule has 5 atom stereocenters. The van der Waals surface area contributed by atoms with Gasteiger partial charge in [-0.3, -0.25) is 0 Å². The van der Waals surface area contributed by atoms with E-state index in [1.165, 1.54) is 19.2 Å². The van der Waals surface area contributed by atoms with Crippen LogP contribution in [0.2, 0.25) is 0 Å². The van der Waals surface area contributed by atoms with Gasteiger partial charge >= 0.3 is 5.63 Å². The van der Waals surface area contributed by atoms with E-state index < -0.39 is 42.9 Å². The first-order valence-corrected chi connectivity index (χ1v) is 8.95. The molecule has 9 nitrogen and oxygen atoms in total. The van der Waals surface area contributed by atoms with Crippen LogP contribution in [0.15, 0.2) is 45.6 Å². The summed E-state index contributed by atoms with van der Waals surface area (Å²) in [4.78, 5) is 12.3. The second kappa shape index (κ2) is 7.62. The molecule has 0 spiro atoms. The maximum absolute atomic E-state index is 12.3. The number of ether oxygens (including phenoxy) is 3. The van der Waals surface area contributed by atoms with Gasteiger partial charge in [-0.1, -0.05) is 18.2 Å². The molecule has 0 aliphatic carbocycles. The second-order valence-corrected chi connectivity index (χ2v) is 6.75. The minimum absolute atomic E-state index is 0.136. The van der Waals surface area contributed by atoms with Gasteiger partial charge in [0, 0.05) is 17.5 Å². The molecule has 4 N–H and O–H groups in total. The number of methoxy groups -OCH3 is 1. The molecule has 1 fully saturated rings. The van der Waals surface area contributed by atoms with Gasteiger partial charge < -0.3 is 39.1 Å². The first-order chi connectivity index (χ1) is 13.9. The number of hydrogen-bond donors (Lipinski definition) is 4. The summed E-state index contributed by atoms with van der Waals surface area (Å²) in [6.07, 6.45) is -7.12. The summed E-state index contributed by atoms with van der Waals surface area (Å²) in [6, 6.07) is 9.91. The third-order valence-electron chi connectivity index (χ3n) is 4.98. The van der Waals surface area contributed by atoms with E-state index in [4.69, 9.17) is 18.6 Å². The number of rotatable bonds is 4. The van der Waals surface area contributed by atoms with E-state index >= 15 is 0 Å². The van der Waals surface area contributed by atoms with Crippen LogP contribution in [0.1, 0.15) is 0 Å². The minimum atomic E-state index is -1.57. The van der Waals surface area contributed by atoms with Gasteiger partial charge in [0.05, 0.1) is 24.5 Å². The predicted molar refractivity (Wildman–Crippen MR) is 101 cm³/mol. The van der Waals surface area contributed by atoms with E-state index in [1.807, 2.05) is 0 Å². The van der Waals surface area contributed by atoms with Crippen LogP contribution in [0.4, 0.5) is 0 Å². The molecular weight excluding hydrogens is 384 g/mol.